The standard InChI is InChI=1S/C18H38N2/c1-5-10-17(19-13-6-2)18(8-4)20-14-9-11-16(7-3)12-15-20/h16-19H,5-15H2,1-4H3. The fourth-order valence-corrected chi connectivity index (χ4v) is 3.80. The molecule has 0 spiro atoms. The Kier molecular flexibility index (Phi) is 9.54. The number of nitrogens with one attached hydrogen (secondary N) is 1. The minimum absolute atomic E-state index is 0.697. The second-order valence-corrected chi connectivity index (χ2v) is 6.57. The van der Waals surface area contributed by atoms with Crippen LogP contribution < -0.4 is 5.32 Å². The summed E-state index contributed by atoms with van der Waals surface area (Å²) in [5.74, 6) is 0.978. The van der Waals surface area contributed by atoms with Crippen LogP contribution in [0, 0.1) is 5.92 Å². The van der Waals surface area contributed by atoms with Crippen molar-refractivity contribution in [1.29, 1.82) is 0 Å². The second kappa shape index (κ2) is 10.6. The lowest BCUT2D eigenvalue weighted by atomic mass is 9.97. The smallest absolute Gasteiger partial charge is 0.0246 e. The van der Waals surface area contributed by atoms with Crippen LogP contribution in [0.5, 0.6) is 0 Å². The molecule has 1 heterocycles. The quantitative estimate of drug-likeness (QED) is 0.672. The minimum Gasteiger partial charge on any atom is -0.312 e. The fourth-order valence-electron chi connectivity index (χ4n) is 3.80. The van der Waals surface area contributed by atoms with Crippen LogP contribution in [-0.4, -0.2) is 36.6 Å². The Labute approximate surface area is 127 Å². The molecule has 0 aromatic heterocycles. The predicted molar refractivity (Wildman–Crippen MR) is 90.3 cm³/mol. The molecule has 0 radical (unpaired) electrons. The van der Waals surface area contributed by atoms with E-state index in [-0.39, 0.29) is 0 Å². The Morgan fingerprint density at radius 2 is 1.85 bits per heavy atom. The summed E-state index contributed by atoms with van der Waals surface area (Å²) >= 11 is 0. The van der Waals surface area contributed by atoms with Crippen LogP contribution in [-0.2, 0) is 0 Å². The third-order valence-electron chi connectivity index (χ3n) is 5.07. The van der Waals surface area contributed by atoms with Gasteiger partial charge in [-0.25, -0.2) is 0 Å². The maximum Gasteiger partial charge on any atom is 0.0246 e. The molecule has 0 aromatic rings. The fraction of sp³-hybridized carbons (Fsp3) is 1.00. The van der Waals surface area contributed by atoms with E-state index in [4.69, 9.17) is 0 Å². The first-order valence-corrected chi connectivity index (χ1v) is 9.24. The number of nitrogens with zero attached hydrogens (tertiary/aromatic N) is 1. The lowest BCUT2D eigenvalue weighted by molar-refractivity contribution is 0.149. The molecule has 1 N–H and O–H groups in total. The zero-order valence-electron chi connectivity index (χ0n) is 14.5. The summed E-state index contributed by atoms with van der Waals surface area (Å²) in [6, 6.07) is 1.44. The van der Waals surface area contributed by atoms with E-state index in [1.54, 1.807) is 0 Å². The highest BCUT2D eigenvalue weighted by Gasteiger charge is 2.27. The van der Waals surface area contributed by atoms with Crippen molar-refractivity contribution >= 4 is 0 Å². The van der Waals surface area contributed by atoms with Crippen LogP contribution in [0.2, 0.25) is 0 Å². The molecule has 120 valence electrons. The average Bonchev–Trinajstić information content (AvgIpc) is 2.71. The summed E-state index contributed by atoms with van der Waals surface area (Å²) < 4.78 is 0. The maximum atomic E-state index is 3.82. The van der Waals surface area contributed by atoms with E-state index in [1.165, 1.54) is 71.0 Å². The largest absolute Gasteiger partial charge is 0.312 e. The summed E-state index contributed by atoms with van der Waals surface area (Å²) in [6.07, 6.45) is 10.8. The number of rotatable bonds is 9. The lowest BCUT2D eigenvalue weighted by Crippen LogP contribution is -2.50. The topological polar surface area (TPSA) is 15.3 Å². The third kappa shape index (κ3) is 5.73. The molecule has 0 amide bonds. The summed E-state index contributed by atoms with van der Waals surface area (Å²) in [4.78, 5) is 2.80. The first kappa shape index (κ1) is 18.0. The van der Waals surface area contributed by atoms with Gasteiger partial charge in [-0.2, -0.15) is 0 Å². The van der Waals surface area contributed by atoms with Crippen LogP contribution >= 0.6 is 0 Å². The van der Waals surface area contributed by atoms with Crippen molar-refractivity contribution in [2.45, 2.75) is 91.1 Å². The van der Waals surface area contributed by atoms with Crippen molar-refractivity contribution in [3.63, 3.8) is 0 Å². The van der Waals surface area contributed by atoms with Gasteiger partial charge in [0.25, 0.3) is 0 Å². The van der Waals surface area contributed by atoms with Crippen LogP contribution in [0.4, 0.5) is 0 Å². The van der Waals surface area contributed by atoms with Crippen molar-refractivity contribution in [2.75, 3.05) is 19.6 Å². The molecule has 2 nitrogen and oxygen atoms in total. The molecule has 0 saturated carbocycles. The Morgan fingerprint density at radius 3 is 2.45 bits per heavy atom. The van der Waals surface area contributed by atoms with Gasteiger partial charge in [-0.05, 0) is 64.1 Å². The number of hydrogen-bond acceptors (Lipinski definition) is 2. The van der Waals surface area contributed by atoms with Gasteiger partial charge in [0.1, 0.15) is 0 Å². The van der Waals surface area contributed by atoms with Gasteiger partial charge in [-0.15, -0.1) is 0 Å². The molecule has 1 saturated heterocycles. The number of hydrogen-bond donors (Lipinski definition) is 1. The maximum absolute atomic E-state index is 3.82. The Balaban J connectivity index is 2.60. The Hall–Kier alpha value is -0.0800. The van der Waals surface area contributed by atoms with Crippen molar-refractivity contribution in [3.8, 4) is 0 Å². The van der Waals surface area contributed by atoms with E-state index < -0.39 is 0 Å². The van der Waals surface area contributed by atoms with Gasteiger partial charge in [0, 0.05) is 12.1 Å². The molecule has 1 aliphatic rings. The number of likely N-dealkylation sites (tertiary alicyclic amines) is 1. The van der Waals surface area contributed by atoms with Crippen LogP contribution in [0.3, 0.4) is 0 Å². The van der Waals surface area contributed by atoms with Crippen LogP contribution in [0.1, 0.15) is 79.1 Å². The van der Waals surface area contributed by atoms with Gasteiger partial charge < -0.3 is 5.32 Å². The molecule has 1 fully saturated rings. The van der Waals surface area contributed by atoms with E-state index in [0.717, 1.165) is 12.0 Å². The summed E-state index contributed by atoms with van der Waals surface area (Å²) in [5, 5.41) is 3.82. The Morgan fingerprint density at radius 1 is 1.05 bits per heavy atom. The first-order chi connectivity index (χ1) is 9.76. The average molecular weight is 283 g/mol. The normalized spacial score (nSPS) is 24.3. The highest BCUT2D eigenvalue weighted by molar-refractivity contribution is 4.85. The van der Waals surface area contributed by atoms with Gasteiger partial charge in [-0.3, -0.25) is 4.90 Å². The highest BCUT2D eigenvalue weighted by atomic mass is 15.2. The molecular formula is C18H38N2. The zero-order valence-corrected chi connectivity index (χ0v) is 14.5. The molecule has 1 aliphatic heterocycles. The van der Waals surface area contributed by atoms with E-state index in [2.05, 4.69) is 37.9 Å². The third-order valence-corrected chi connectivity index (χ3v) is 5.07. The van der Waals surface area contributed by atoms with Gasteiger partial charge in [0.2, 0.25) is 0 Å². The zero-order chi connectivity index (χ0) is 14.8. The van der Waals surface area contributed by atoms with E-state index in [9.17, 15) is 0 Å². The van der Waals surface area contributed by atoms with Gasteiger partial charge in [0.05, 0.1) is 0 Å². The van der Waals surface area contributed by atoms with Crippen molar-refractivity contribution in [3.05, 3.63) is 0 Å². The van der Waals surface area contributed by atoms with Gasteiger partial charge in [0.15, 0.2) is 0 Å². The SMILES string of the molecule is CCCNC(CCC)C(CC)N1CCCC(CC)CC1. The lowest BCUT2D eigenvalue weighted by Gasteiger charge is -2.36. The molecule has 0 aromatic carbocycles. The molecule has 1 rings (SSSR count). The van der Waals surface area contributed by atoms with Crippen LogP contribution in [0.15, 0.2) is 0 Å². The minimum atomic E-state index is 0.697. The summed E-state index contributed by atoms with van der Waals surface area (Å²) in [6.45, 7) is 13.2. The molecule has 2 heteroatoms. The van der Waals surface area contributed by atoms with Gasteiger partial charge >= 0.3 is 0 Å². The van der Waals surface area contributed by atoms with Crippen molar-refractivity contribution in [1.82, 2.24) is 10.2 Å². The van der Waals surface area contributed by atoms with E-state index in [1.807, 2.05) is 0 Å². The molecule has 20 heavy (non-hydrogen) atoms. The molecular weight excluding hydrogens is 244 g/mol. The Bertz CT molecular complexity index is 229. The summed E-state index contributed by atoms with van der Waals surface area (Å²) in [7, 11) is 0. The predicted octanol–water partition coefficient (Wildman–Crippen LogP) is 4.45. The monoisotopic (exact) mass is 282 g/mol. The van der Waals surface area contributed by atoms with E-state index in [0.29, 0.717) is 6.04 Å². The molecule has 3 atom stereocenters. The van der Waals surface area contributed by atoms with Crippen molar-refractivity contribution < 1.29 is 0 Å². The highest BCUT2D eigenvalue weighted by Crippen LogP contribution is 2.24. The molecule has 0 bridgehead atoms. The summed E-state index contributed by atoms with van der Waals surface area (Å²) in [5.41, 5.74) is 0. The van der Waals surface area contributed by atoms with Gasteiger partial charge in [-0.1, -0.05) is 40.5 Å². The second-order valence-electron chi connectivity index (χ2n) is 6.57. The molecule has 3 unspecified atom stereocenters. The first-order valence-electron chi connectivity index (χ1n) is 9.24. The molecule has 0 aliphatic carbocycles. The van der Waals surface area contributed by atoms with Crippen molar-refractivity contribution in [2.24, 2.45) is 5.92 Å². The van der Waals surface area contributed by atoms with Crippen LogP contribution in [0.25, 0.3) is 0 Å². The van der Waals surface area contributed by atoms with E-state index >= 15 is 0 Å².